The summed E-state index contributed by atoms with van der Waals surface area (Å²) in [5.74, 6) is 0.699. The molecule has 1 unspecified atom stereocenters. The Morgan fingerprint density at radius 2 is 1.93 bits per heavy atom. The third-order valence-electron chi connectivity index (χ3n) is 4.56. The molecule has 0 aliphatic heterocycles. The van der Waals surface area contributed by atoms with Gasteiger partial charge in [0.1, 0.15) is 6.04 Å². The Hall–Kier alpha value is -3.22. The molecule has 1 N–H and O–H groups in total. The van der Waals surface area contributed by atoms with Gasteiger partial charge in [-0.15, -0.1) is 0 Å². The van der Waals surface area contributed by atoms with E-state index in [-0.39, 0.29) is 11.9 Å². The summed E-state index contributed by atoms with van der Waals surface area (Å²) in [5, 5.41) is 11.2. The highest BCUT2D eigenvalue weighted by Crippen LogP contribution is 2.17. The summed E-state index contributed by atoms with van der Waals surface area (Å²) in [7, 11) is 0. The first-order chi connectivity index (χ1) is 13.3. The molecule has 3 rings (SSSR count). The summed E-state index contributed by atoms with van der Waals surface area (Å²) in [6, 6.07) is 8.05. The molecule has 28 heavy (non-hydrogen) atoms. The van der Waals surface area contributed by atoms with Crippen molar-refractivity contribution in [1.82, 2.24) is 25.2 Å². The molecule has 146 valence electrons. The highest BCUT2D eigenvalue weighted by Gasteiger charge is 2.15. The summed E-state index contributed by atoms with van der Waals surface area (Å²) >= 11 is 0. The van der Waals surface area contributed by atoms with Gasteiger partial charge in [-0.3, -0.25) is 9.48 Å². The summed E-state index contributed by atoms with van der Waals surface area (Å²) in [5.41, 5.74) is 5.27. The van der Waals surface area contributed by atoms with E-state index in [0.29, 0.717) is 18.3 Å². The zero-order valence-corrected chi connectivity index (χ0v) is 16.9. The van der Waals surface area contributed by atoms with E-state index in [4.69, 9.17) is 4.52 Å². The predicted octanol–water partition coefficient (Wildman–Crippen LogP) is 3.44. The Bertz CT molecular complexity index is 998. The van der Waals surface area contributed by atoms with Gasteiger partial charge in [0.15, 0.2) is 5.82 Å². The molecular weight excluding hydrogens is 354 g/mol. The average molecular weight is 379 g/mol. The lowest BCUT2D eigenvalue weighted by atomic mass is 10.1. The highest BCUT2D eigenvalue weighted by molar-refractivity contribution is 5.92. The second-order valence-electron chi connectivity index (χ2n) is 6.97. The van der Waals surface area contributed by atoms with Crippen molar-refractivity contribution in [2.45, 2.75) is 47.2 Å². The molecule has 2 heterocycles. The van der Waals surface area contributed by atoms with Gasteiger partial charge in [0.25, 0.3) is 0 Å². The van der Waals surface area contributed by atoms with E-state index in [1.807, 2.05) is 18.5 Å². The molecule has 1 atom stereocenters. The van der Waals surface area contributed by atoms with Crippen molar-refractivity contribution in [1.29, 1.82) is 0 Å². The van der Waals surface area contributed by atoms with Crippen LogP contribution in [0.4, 0.5) is 0 Å². The van der Waals surface area contributed by atoms with Gasteiger partial charge in [0.2, 0.25) is 11.8 Å². The SMILES string of the molecule is Cc1ccc(Cn2nc(C)c(/C=C/C(=O)NC(C)c3nc(C)no3)c2C)cc1. The van der Waals surface area contributed by atoms with Crippen molar-refractivity contribution in [3.63, 3.8) is 0 Å². The van der Waals surface area contributed by atoms with E-state index in [2.05, 4.69) is 51.7 Å². The van der Waals surface area contributed by atoms with E-state index in [1.165, 1.54) is 17.2 Å². The van der Waals surface area contributed by atoms with Gasteiger partial charge in [-0.2, -0.15) is 10.1 Å². The number of rotatable bonds is 6. The Labute approximate surface area is 164 Å². The maximum atomic E-state index is 12.2. The number of nitrogens with one attached hydrogen (secondary N) is 1. The molecule has 1 amide bonds. The summed E-state index contributed by atoms with van der Waals surface area (Å²) in [6.45, 7) is 10.3. The minimum absolute atomic E-state index is 0.228. The molecule has 0 bridgehead atoms. The maximum absolute atomic E-state index is 12.2. The van der Waals surface area contributed by atoms with Gasteiger partial charge in [-0.25, -0.2) is 0 Å². The third-order valence-corrected chi connectivity index (χ3v) is 4.56. The smallest absolute Gasteiger partial charge is 0.248 e. The summed E-state index contributed by atoms with van der Waals surface area (Å²) < 4.78 is 7.04. The van der Waals surface area contributed by atoms with Gasteiger partial charge in [0, 0.05) is 17.3 Å². The molecular formula is C21H25N5O2. The molecule has 0 fully saturated rings. The number of aryl methyl sites for hydroxylation is 3. The first-order valence-corrected chi connectivity index (χ1v) is 9.22. The van der Waals surface area contributed by atoms with Crippen molar-refractivity contribution in [3.05, 3.63) is 70.1 Å². The van der Waals surface area contributed by atoms with Crippen molar-refractivity contribution < 1.29 is 9.32 Å². The maximum Gasteiger partial charge on any atom is 0.248 e. The fourth-order valence-electron chi connectivity index (χ4n) is 2.94. The van der Waals surface area contributed by atoms with Crippen LogP contribution in [0.25, 0.3) is 6.08 Å². The van der Waals surface area contributed by atoms with E-state index < -0.39 is 0 Å². The highest BCUT2D eigenvalue weighted by atomic mass is 16.5. The number of carbonyl (C=O) groups excluding carboxylic acids is 1. The minimum atomic E-state index is -0.357. The van der Waals surface area contributed by atoms with Gasteiger partial charge in [-0.05, 0) is 46.3 Å². The summed E-state index contributed by atoms with van der Waals surface area (Å²) in [4.78, 5) is 16.4. The largest absolute Gasteiger partial charge is 0.341 e. The van der Waals surface area contributed by atoms with Crippen LogP contribution < -0.4 is 5.32 Å². The first-order valence-electron chi connectivity index (χ1n) is 9.22. The lowest BCUT2D eigenvalue weighted by Crippen LogP contribution is -2.24. The molecule has 7 nitrogen and oxygen atoms in total. The van der Waals surface area contributed by atoms with Crippen molar-refractivity contribution >= 4 is 12.0 Å². The normalized spacial score (nSPS) is 12.5. The van der Waals surface area contributed by atoms with Crippen LogP contribution in [-0.2, 0) is 11.3 Å². The average Bonchev–Trinajstić information content (AvgIpc) is 3.19. The van der Waals surface area contributed by atoms with Crippen molar-refractivity contribution in [2.24, 2.45) is 0 Å². The monoisotopic (exact) mass is 379 g/mol. The number of carbonyl (C=O) groups is 1. The number of hydrogen-bond acceptors (Lipinski definition) is 5. The second kappa shape index (κ2) is 8.21. The molecule has 7 heteroatoms. The fourth-order valence-corrected chi connectivity index (χ4v) is 2.94. The van der Waals surface area contributed by atoms with E-state index in [1.54, 1.807) is 19.9 Å². The van der Waals surface area contributed by atoms with Crippen LogP contribution in [-0.4, -0.2) is 25.8 Å². The molecule has 3 aromatic rings. The van der Waals surface area contributed by atoms with Gasteiger partial charge < -0.3 is 9.84 Å². The molecule has 2 aromatic heterocycles. The van der Waals surface area contributed by atoms with Crippen LogP contribution in [0, 0.1) is 27.7 Å². The van der Waals surface area contributed by atoms with E-state index in [9.17, 15) is 4.79 Å². The predicted molar refractivity (Wildman–Crippen MR) is 107 cm³/mol. The quantitative estimate of drug-likeness (QED) is 0.663. The molecule has 0 saturated heterocycles. The van der Waals surface area contributed by atoms with E-state index in [0.717, 1.165) is 17.0 Å². The molecule has 0 aliphatic carbocycles. The zero-order chi connectivity index (χ0) is 20.3. The lowest BCUT2D eigenvalue weighted by Gasteiger charge is -2.07. The van der Waals surface area contributed by atoms with Gasteiger partial charge in [-0.1, -0.05) is 35.0 Å². The minimum Gasteiger partial charge on any atom is -0.341 e. The van der Waals surface area contributed by atoms with E-state index >= 15 is 0 Å². The van der Waals surface area contributed by atoms with Crippen LogP contribution in [0.15, 0.2) is 34.9 Å². The molecule has 0 saturated carbocycles. The molecule has 1 aromatic carbocycles. The van der Waals surface area contributed by atoms with Crippen LogP contribution in [0.1, 0.15) is 52.8 Å². The number of benzene rings is 1. The number of nitrogens with zero attached hydrogens (tertiary/aromatic N) is 4. The molecule has 0 aliphatic rings. The second-order valence-corrected chi connectivity index (χ2v) is 6.97. The summed E-state index contributed by atoms with van der Waals surface area (Å²) in [6.07, 6.45) is 3.30. The van der Waals surface area contributed by atoms with Gasteiger partial charge in [0.05, 0.1) is 12.2 Å². The van der Waals surface area contributed by atoms with Crippen molar-refractivity contribution in [3.8, 4) is 0 Å². The number of hydrogen-bond donors (Lipinski definition) is 1. The topological polar surface area (TPSA) is 85.8 Å². The zero-order valence-electron chi connectivity index (χ0n) is 16.9. The Kier molecular flexibility index (Phi) is 5.73. The first kappa shape index (κ1) is 19.5. The molecule has 0 radical (unpaired) electrons. The van der Waals surface area contributed by atoms with Crippen LogP contribution >= 0.6 is 0 Å². The Morgan fingerprint density at radius 3 is 2.57 bits per heavy atom. The fraction of sp³-hybridized carbons (Fsp3) is 0.333. The molecule has 0 spiro atoms. The lowest BCUT2D eigenvalue weighted by molar-refractivity contribution is -0.117. The third kappa shape index (κ3) is 4.54. The van der Waals surface area contributed by atoms with Crippen molar-refractivity contribution in [2.75, 3.05) is 0 Å². The van der Waals surface area contributed by atoms with Crippen LogP contribution in [0.2, 0.25) is 0 Å². The standard InChI is InChI=1S/C21H25N5O2/c1-13-6-8-18(9-7-13)12-26-16(4)19(14(2)24-26)10-11-20(27)22-15(3)21-23-17(5)25-28-21/h6-11,15H,12H2,1-5H3,(H,22,27)/b11-10+. The number of aromatic nitrogens is 4. The Balaban J connectivity index is 1.68. The van der Waals surface area contributed by atoms with Gasteiger partial charge >= 0.3 is 0 Å². The number of amides is 1. The van der Waals surface area contributed by atoms with Crippen LogP contribution in [0.5, 0.6) is 0 Å². The Morgan fingerprint density at radius 1 is 1.21 bits per heavy atom. The van der Waals surface area contributed by atoms with Crippen LogP contribution in [0.3, 0.4) is 0 Å².